The lowest BCUT2D eigenvalue weighted by atomic mass is 10.1. The predicted octanol–water partition coefficient (Wildman–Crippen LogP) is 4.60. The number of amides is 1. The number of pyridine rings is 1. The number of esters is 1. The highest BCUT2D eigenvalue weighted by molar-refractivity contribution is 6.05. The Morgan fingerprint density at radius 2 is 1.89 bits per heavy atom. The molecule has 0 aliphatic heterocycles. The normalized spacial score (nSPS) is 11.5. The summed E-state index contributed by atoms with van der Waals surface area (Å²) in [6.45, 7) is 5.47. The zero-order chi connectivity index (χ0) is 24.9. The Kier molecular flexibility index (Phi) is 7.03. The van der Waals surface area contributed by atoms with Gasteiger partial charge < -0.3 is 19.6 Å². The van der Waals surface area contributed by atoms with Crippen molar-refractivity contribution in [3.05, 3.63) is 94.3 Å². The van der Waals surface area contributed by atoms with Crippen LogP contribution in [0.4, 0.5) is 11.4 Å². The van der Waals surface area contributed by atoms with Gasteiger partial charge in [-0.25, -0.2) is 9.79 Å². The molecule has 4 aromatic rings. The maximum atomic E-state index is 13.3. The minimum Gasteiger partial charge on any atom is -0.462 e. The van der Waals surface area contributed by atoms with Crippen molar-refractivity contribution in [3.8, 4) is 0 Å². The van der Waals surface area contributed by atoms with Gasteiger partial charge in [0.2, 0.25) is 5.55 Å². The number of hydrogen-bond donors (Lipinski definition) is 2. The molecule has 8 nitrogen and oxygen atoms in total. The lowest BCUT2D eigenvalue weighted by Crippen LogP contribution is -2.22. The van der Waals surface area contributed by atoms with E-state index in [1.165, 1.54) is 0 Å². The summed E-state index contributed by atoms with van der Waals surface area (Å²) < 4.78 is 11.1. The minimum absolute atomic E-state index is 0.0755. The van der Waals surface area contributed by atoms with E-state index in [1.54, 1.807) is 56.4 Å². The number of aliphatic hydroxyl groups is 1. The van der Waals surface area contributed by atoms with Crippen molar-refractivity contribution >= 4 is 34.2 Å². The number of fused-ring (bicyclic) bond motifs is 1. The lowest BCUT2D eigenvalue weighted by Gasteiger charge is -2.10. The average molecular weight is 472 g/mol. The average Bonchev–Trinajstić information content (AvgIpc) is 2.85. The van der Waals surface area contributed by atoms with Gasteiger partial charge in [-0.05, 0) is 68.8 Å². The van der Waals surface area contributed by atoms with E-state index in [-0.39, 0.29) is 24.3 Å². The number of aromatic nitrogens is 1. The summed E-state index contributed by atoms with van der Waals surface area (Å²) >= 11 is 0. The van der Waals surface area contributed by atoms with Crippen LogP contribution < -0.4 is 10.9 Å². The van der Waals surface area contributed by atoms with Crippen LogP contribution in [0.3, 0.4) is 0 Å². The van der Waals surface area contributed by atoms with E-state index >= 15 is 0 Å². The van der Waals surface area contributed by atoms with Crippen LogP contribution in [-0.2, 0) is 11.3 Å². The molecule has 0 spiro atoms. The van der Waals surface area contributed by atoms with E-state index in [9.17, 15) is 14.7 Å². The number of anilines is 1. The molecular formula is C27H25N3O5. The second-order valence-corrected chi connectivity index (χ2v) is 7.94. The summed E-state index contributed by atoms with van der Waals surface area (Å²) in [5, 5.41) is 13.2. The largest absolute Gasteiger partial charge is 0.462 e. The Hall–Kier alpha value is -4.30. The quantitative estimate of drug-likeness (QED) is 0.397. The molecule has 0 radical (unpaired) electrons. The van der Waals surface area contributed by atoms with Gasteiger partial charge in [0.25, 0.3) is 5.91 Å². The van der Waals surface area contributed by atoms with Gasteiger partial charge in [-0.1, -0.05) is 12.1 Å². The molecule has 4 rings (SSSR count). The molecular weight excluding hydrogens is 446 g/mol. The Bertz CT molecular complexity index is 1470. The maximum Gasteiger partial charge on any atom is 0.338 e. The van der Waals surface area contributed by atoms with Gasteiger partial charge in [0.05, 0.1) is 30.2 Å². The molecule has 0 aliphatic rings. The Labute approximate surface area is 201 Å². The van der Waals surface area contributed by atoms with Crippen molar-refractivity contribution in [2.75, 3.05) is 11.9 Å². The third-order valence-corrected chi connectivity index (χ3v) is 5.35. The van der Waals surface area contributed by atoms with Crippen molar-refractivity contribution in [1.82, 2.24) is 4.98 Å². The molecule has 0 saturated carbocycles. The molecule has 35 heavy (non-hydrogen) atoms. The molecule has 2 aromatic heterocycles. The summed E-state index contributed by atoms with van der Waals surface area (Å²) in [5.74, 6) is -0.840. The van der Waals surface area contributed by atoms with Gasteiger partial charge in [-0.3, -0.25) is 9.78 Å². The second-order valence-electron chi connectivity index (χ2n) is 7.94. The molecule has 0 fully saturated rings. The Morgan fingerprint density at radius 3 is 2.57 bits per heavy atom. The summed E-state index contributed by atoms with van der Waals surface area (Å²) in [7, 11) is 0. The highest BCUT2D eigenvalue weighted by Gasteiger charge is 2.17. The molecule has 0 unspecified atom stereocenters. The molecule has 1 amide bonds. The lowest BCUT2D eigenvalue weighted by molar-refractivity contribution is 0.0526. The van der Waals surface area contributed by atoms with Crippen molar-refractivity contribution < 1.29 is 23.8 Å². The van der Waals surface area contributed by atoms with E-state index in [2.05, 4.69) is 15.3 Å². The van der Waals surface area contributed by atoms with Crippen LogP contribution in [0.5, 0.6) is 0 Å². The van der Waals surface area contributed by atoms with Crippen LogP contribution in [0.1, 0.15) is 44.5 Å². The predicted molar refractivity (Wildman–Crippen MR) is 131 cm³/mol. The van der Waals surface area contributed by atoms with E-state index in [0.29, 0.717) is 39.2 Å². The van der Waals surface area contributed by atoms with Crippen LogP contribution in [0, 0.1) is 13.8 Å². The second kappa shape index (κ2) is 10.3. The molecule has 178 valence electrons. The zero-order valence-corrected chi connectivity index (χ0v) is 19.7. The molecule has 0 saturated heterocycles. The molecule has 2 heterocycles. The molecule has 8 heteroatoms. The third-order valence-electron chi connectivity index (χ3n) is 5.35. The van der Waals surface area contributed by atoms with Crippen molar-refractivity contribution in [3.63, 3.8) is 0 Å². The number of aliphatic hydroxyl groups excluding tert-OH is 1. The summed E-state index contributed by atoms with van der Waals surface area (Å²) in [6.07, 6.45) is 1.56. The third kappa shape index (κ3) is 5.28. The molecule has 2 aromatic carbocycles. The number of nitrogens with one attached hydrogen (secondary N) is 1. The number of rotatable bonds is 6. The minimum atomic E-state index is -0.425. The standard InChI is InChI=1S/C27H25N3O5/c1-4-34-27(33)18-8-10-20(11-9-18)30-26-23(25(32)29-21-7-5-6-16(2)12-21)13-22-19(15-31)14-28-17(3)24(22)35-26/h5-14,31H,4,15H2,1-3H3,(H,29,32). The van der Waals surface area contributed by atoms with Crippen molar-refractivity contribution in [1.29, 1.82) is 0 Å². The first-order chi connectivity index (χ1) is 16.9. The van der Waals surface area contributed by atoms with Crippen LogP contribution in [0.2, 0.25) is 0 Å². The highest BCUT2D eigenvalue weighted by Crippen LogP contribution is 2.22. The van der Waals surface area contributed by atoms with E-state index in [0.717, 1.165) is 5.56 Å². The summed E-state index contributed by atoms with van der Waals surface area (Å²) in [4.78, 5) is 34.1. The molecule has 0 atom stereocenters. The number of ether oxygens (including phenoxy) is 1. The number of nitrogens with zero attached hydrogens (tertiary/aromatic N) is 2. The fourth-order valence-electron chi connectivity index (χ4n) is 3.59. The first-order valence-electron chi connectivity index (χ1n) is 11.1. The molecule has 0 aliphatic carbocycles. The Balaban J connectivity index is 1.85. The summed E-state index contributed by atoms with van der Waals surface area (Å²) in [6, 6.07) is 15.6. The van der Waals surface area contributed by atoms with Crippen LogP contribution in [0.15, 0.2) is 70.2 Å². The Morgan fingerprint density at radius 1 is 1.11 bits per heavy atom. The van der Waals surface area contributed by atoms with Gasteiger partial charge in [-0.2, -0.15) is 0 Å². The van der Waals surface area contributed by atoms with Gasteiger partial charge in [0.15, 0.2) is 5.58 Å². The fourth-order valence-corrected chi connectivity index (χ4v) is 3.59. The van der Waals surface area contributed by atoms with E-state index in [1.807, 2.05) is 25.1 Å². The number of carbonyl (C=O) groups is 2. The first kappa shape index (κ1) is 23.8. The van der Waals surface area contributed by atoms with Crippen LogP contribution in [-0.4, -0.2) is 28.6 Å². The number of hydrogen-bond acceptors (Lipinski definition) is 7. The monoisotopic (exact) mass is 471 g/mol. The summed E-state index contributed by atoms with van der Waals surface area (Å²) in [5.41, 5.74) is 4.32. The van der Waals surface area contributed by atoms with E-state index in [4.69, 9.17) is 9.15 Å². The zero-order valence-electron chi connectivity index (χ0n) is 19.7. The van der Waals surface area contributed by atoms with Crippen molar-refractivity contribution in [2.24, 2.45) is 4.99 Å². The number of carbonyl (C=O) groups excluding carboxylic acids is 2. The van der Waals surface area contributed by atoms with E-state index < -0.39 is 11.9 Å². The topological polar surface area (TPSA) is 114 Å². The molecule has 0 bridgehead atoms. The highest BCUT2D eigenvalue weighted by atomic mass is 16.5. The van der Waals surface area contributed by atoms with Gasteiger partial charge in [-0.15, -0.1) is 0 Å². The smallest absolute Gasteiger partial charge is 0.338 e. The van der Waals surface area contributed by atoms with Crippen molar-refractivity contribution in [2.45, 2.75) is 27.4 Å². The fraction of sp³-hybridized carbons (Fsp3) is 0.185. The number of benzene rings is 2. The number of aryl methyl sites for hydroxylation is 2. The van der Waals surface area contributed by atoms with Gasteiger partial charge in [0.1, 0.15) is 5.56 Å². The SMILES string of the molecule is CCOC(=O)c1ccc(N=c2oc3c(C)ncc(CO)c3cc2C(=O)Nc2cccc(C)c2)cc1. The van der Waals surface area contributed by atoms with Crippen LogP contribution >= 0.6 is 0 Å². The molecule has 2 N–H and O–H groups in total. The maximum absolute atomic E-state index is 13.3. The first-order valence-corrected chi connectivity index (χ1v) is 11.1. The van der Waals surface area contributed by atoms with Gasteiger partial charge in [0, 0.05) is 22.8 Å². The van der Waals surface area contributed by atoms with Gasteiger partial charge >= 0.3 is 5.97 Å². The van der Waals surface area contributed by atoms with Crippen LogP contribution in [0.25, 0.3) is 11.0 Å².